The number of nitrogens with one attached hydrogen (secondary N) is 2. The number of hydrogen-bond acceptors (Lipinski definition) is 3. The van der Waals surface area contributed by atoms with Crippen molar-refractivity contribution in [1.82, 2.24) is 4.72 Å². The lowest BCUT2D eigenvalue weighted by Crippen LogP contribution is -2.17. The number of aryl methyl sites for hydroxylation is 1. The quantitative estimate of drug-likeness (QED) is 0.498. The fourth-order valence-corrected chi connectivity index (χ4v) is 3.80. The molecule has 0 unspecified atom stereocenters. The number of rotatable bonds is 8. The molecule has 0 radical (unpaired) electrons. The molecule has 5 nitrogen and oxygen atoms in total. The van der Waals surface area contributed by atoms with Crippen LogP contribution in [0, 0.1) is 5.82 Å². The van der Waals surface area contributed by atoms with Gasteiger partial charge in [-0.15, -0.1) is 0 Å². The third-order valence-electron chi connectivity index (χ3n) is 4.38. The molecular formula is C23H20ClFN2O3S. The van der Waals surface area contributed by atoms with Gasteiger partial charge in [0.25, 0.3) is 10.0 Å². The molecule has 3 aromatic rings. The van der Waals surface area contributed by atoms with E-state index in [1.54, 1.807) is 18.2 Å². The maximum Gasteiger partial charge on any atom is 0.261 e. The molecule has 0 aromatic heterocycles. The lowest BCUT2D eigenvalue weighted by Gasteiger charge is -2.07. The van der Waals surface area contributed by atoms with E-state index in [9.17, 15) is 17.6 Å². The molecule has 31 heavy (non-hydrogen) atoms. The van der Waals surface area contributed by atoms with E-state index in [4.69, 9.17) is 11.6 Å². The van der Waals surface area contributed by atoms with Crippen LogP contribution in [-0.2, 0) is 21.2 Å². The van der Waals surface area contributed by atoms with Crippen LogP contribution < -0.4 is 10.0 Å². The Labute approximate surface area is 185 Å². The molecule has 3 rings (SSSR count). The van der Waals surface area contributed by atoms with Crippen LogP contribution >= 0.6 is 11.6 Å². The summed E-state index contributed by atoms with van der Waals surface area (Å²) in [7, 11) is -3.69. The second-order valence-corrected chi connectivity index (χ2v) is 8.81. The Morgan fingerprint density at radius 3 is 2.39 bits per heavy atom. The first-order chi connectivity index (χ1) is 14.8. The zero-order chi connectivity index (χ0) is 22.3. The molecule has 3 aromatic carbocycles. The Balaban J connectivity index is 1.53. The van der Waals surface area contributed by atoms with E-state index in [1.807, 2.05) is 30.3 Å². The number of hydrogen-bond donors (Lipinski definition) is 2. The molecule has 160 valence electrons. The van der Waals surface area contributed by atoms with Crippen molar-refractivity contribution in [3.63, 3.8) is 0 Å². The van der Waals surface area contributed by atoms with Crippen molar-refractivity contribution < 1.29 is 17.6 Å². The van der Waals surface area contributed by atoms with E-state index in [2.05, 4.69) is 10.0 Å². The normalized spacial score (nSPS) is 11.4. The smallest absolute Gasteiger partial charge is 0.261 e. The molecule has 0 bridgehead atoms. The van der Waals surface area contributed by atoms with E-state index in [0.29, 0.717) is 12.1 Å². The topological polar surface area (TPSA) is 75.3 Å². The van der Waals surface area contributed by atoms with Crippen molar-refractivity contribution >= 4 is 39.3 Å². The zero-order valence-corrected chi connectivity index (χ0v) is 18.0. The highest BCUT2D eigenvalue weighted by Gasteiger charge is 2.12. The molecule has 0 atom stereocenters. The molecule has 0 saturated carbocycles. The minimum absolute atomic E-state index is 0.0678. The summed E-state index contributed by atoms with van der Waals surface area (Å²) in [6.07, 6.45) is 3.64. The van der Waals surface area contributed by atoms with Crippen molar-refractivity contribution in [2.24, 2.45) is 0 Å². The standard InChI is InChI=1S/C23H20ClFN2O3S/c24-21-16-19(9-12-22(21)25)27-23(28)13-8-18-6-10-20(11-7-18)31(29,30)26-15-14-17-4-2-1-3-5-17/h1-7,9-12,14-16,26H,8,13H2,(H,27,28). The summed E-state index contributed by atoms with van der Waals surface area (Å²) in [5, 5.41) is 2.58. The van der Waals surface area contributed by atoms with Gasteiger partial charge in [-0.1, -0.05) is 54.1 Å². The fraction of sp³-hybridized carbons (Fsp3) is 0.0870. The third kappa shape index (κ3) is 6.67. The number of amides is 1. The van der Waals surface area contributed by atoms with Gasteiger partial charge in [0.05, 0.1) is 9.92 Å². The van der Waals surface area contributed by atoms with Gasteiger partial charge in [-0.2, -0.15) is 0 Å². The molecule has 0 spiro atoms. The molecule has 8 heteroatoms. The molecule has 0 aliphatic heterocycles. The second-order valence-electron chi connectivity index (χ2n) is 6.69. The van der Waals surface area contributed by atoms with Crippen molar-refractivity contribution in [1.29, 1.82) is 0 Å². The third-order valence-corrected chi connectivity index (χ3v) is 6.01. The number of sulfonamides is 1. The highest BCUT2D eigenvalue weighted by molar-refractivity contribution is 7.89. The predicted molar refractivity (Wildman–Crippen MR) is 121 cm³/mol. The zero-order valence-electron chi connectivity index (χ0n) is 16.4. The first-order valence-corrected chi connectivity index (χ1v) is 11.3. The average molecular weight is 459 g/mol. The van der Waals surface area contributed by atoms with Crippen LogP contribution in [0.5, 0.6) is 0 Å². The average Bonchev–Trinajstić information content (AvgIpc) is 2.76. The monoisotopic (exact) mass is 458 g/mol. The molecular weight excluding hydrogens is 439 g/mol. The number of benzene rings is 3. The highest BCUT2D eigenvalue weighted by Crippen LogP contribution is 2.19. The van der Waals surface area contributed by atoms with Gasteiger partial charge >= 0.3 is 0 Å². The van der Waals surface area contributed by atoms with E-state index >= 15 is 0 Å². The van der Waals surface area contributed by atoms with Gasteiger partial charge in [-0.25, -0.2) is 12.8 Å². The maximum absolute atomic E-state index is 13.2. The van der Waals surface area contributed by atoms with Crippen molar-refractivity contribution in [3.8, 4) is 0 Å². The molecule has 0 aliphatic carbocycles. The number of carbonyl (C=O) groups excluding carboxylic acids is 1. The Kier molecular flexibility index (Phi) is 7.44. The van der Waals surface area contributed by atoms with E-state index < -0.39 is 15.8 Å². The number of halogens is 2. The van der Waals surface area contributed by atoms with Crippen LogP contribution in [0.25, 0.3) is 6.08 Å². The van der Waals surface area contributed by atoms with Crippen LogP contribution in [0.15, 0.2) is 83.9 Å². The summed E-state index contributed by atoms with van der Waals surface area (Å²) < 4.78 is 40.4. The lowest BCUT2D eigenvalue weighted by molar-refractivity contribution is -0.116. The molecule has 2 N–H and O–H groups in total. The highest BCUT2D eigenvalue weighted by atomic mass is 35.5. The summed E-state index contributed by atoms with van der Waals surface area (Å²) in [6.45, 7) is 0. The Morgan fingerprint density at radius 2 is 1.71 bits per heavy atom. The fourth-order valence-electron chi connectivity index (χ4n) is 2.74. The Bertz CT molecular complexity index is 1180. The second kappa shape index (κ2) is 10.2. The van der Waals surface area contributed by atoms with E-state index in [0.717, 1.165) is 11.1 Å². The molecule has 0 aliphatic rings. The maximum atomic E-state index is 13.2. The summed E-state index contributed by atoms with van der Waals surface area (Å²) in [6, 6.07) is 19.6. The van der Waals surface area contributed by atoms with Crippen LogP contribution in [0.2, 0.25) is 5.02 Å². The molecule has 0 heterocycles. The van der Waals surface area contributed by atoms with Gasteiger partial charge in [0, 0.05) is 18.3 Å². The summed E-state index contributed by atoms with van der Waals surface area (Å²) in [5.74, 6) is -0.813. The van der Waals surface area contributed by atoms with Crippen molar-refractivity contribution in [2.45, 2.75) is 17.7 Å². The van der Waals surface area contributed by atoms with Crippen LogP contribution in [0.4, 0.5) is 10.1 Å². The van der Waals surface area contributed by atoms with E-state index in [-0.39, 0.29) is 22.2 Å². The Hall–Kier alpha value is -3.16. The van der Waals surface area contributed by atoms with E-state index in [1.165, 1.54) is 36.5 Å². The minimum Gasteiger partial charge on any atom is -0.326 e. The first kappa shape index (κ1) is 22.5. The van der Waals surface area contributed by atoms with Crippen molar-refractivity contribution in [3.05, 3.63) is 101 Å². The van der Waals surface area contributed by atoms with Crippen LogP contribution in [0.3, 0.4) is 0 Å². The Morgan fingerprint density at radius 1 is 1.00 bits per heavy atom. The van der Waals surface area contributed by atoms with Gasteiger partial charge < -0.3 is 5.32 Å². The van der Waals surface area contributed by atoms with Crippen LogP contribution in [0.1, 0.15) is 17.5 Å². The van der Waals surface area contributed by atoms with Crippen LogP contribution in [-0.4, -0.2) is 14.3 Å². The van der Waals surface area contributed by atoms with Gasteiger partial charge in [0.1, 0.15) is 5.82 Å². The summed E-state index contributed by atoms with van der Waals surface area (Å²) >= 11 is 5.70. The number of carbonyl (C=O) groups is 1. The molecule has 0 saturated heterocycles. The predicted octanol–water partition coefficient (Wildman–Crippen LogP) is 5.00. The largest absolute Gasteiger partial charge is 0.326 e. The summed E-state index contributed by atoms with van der Waals surface area (Å²) in [5.41, 5.74) is 2.10. The minimum atomic E-state index is -3.69. The molecule has 0 fully saturated rings. The lowest BCUT2D eigenvalue weighted by atomic mass is 10.1. The SMILES string of the molecule is O=C(CCc1ccc(S(=O)(=O)NC=Cc2ccccc2)cc1)Nc1ccc(F)c(Cl)c1. The van der Waals surface area contributed by atoms with Gasteiger partial charge in [0.15, 0.2) is 0 Å². The summed E-state index contributed by atoms with van der Waals surface area (Å²) in [4.78, 5) is 12.2. The number of anilines is 1. The van der Waals surface area contributed by atoms with Gasteiger partial charge in [-0.05, 0) is 54.0 Å². The van der Waals surface area contributed by atoms with Crippen molar-refractivity contribution in [2.75, 3.05) is 5.32 Å². The first-order valence-electron chi connectivity index (χ1n) is 9.41. The van der Waals surface area contributed by atoms with Gasteiger partial charge in [0.2, 0.25) is 5.91 Å². The molecule has 1 amide bonds. The van der Waals surface area contributed by atoms with Gasteiger partial charge in [-0.3, -0.25) is 9.52 Å².